The van der Waals surface area contributed by atoms with E-state index >= 15 is 0 Å². The van der Waals surface area contributed by atoms with Gasteiger partial charge in [0.25, 0.3) is 5.91 Å². The van der Waals surface area contributed by atoms with Crippen LogP contribution in [-0.2, 0) is 11.3 Å². The summed E-state index contributed by atoms with van der Waals surface area (Å²) in [7, 11) is 1.81. The molecular formula is C24H27ClF3N5O4. The summed E-state index contributed by atoms with van der Waals surface area (Å²) < 4.78 is 49.9. The average molecular weight is 542 g/mol. The molecule has 4 rings (SSSR count). The molecule has 0 spiro atoms. The number of aliphatic hydroxyl groups excluding tert-OH is 1. The molecule has 2 unspecified atom stereocenters. The van der Waals surface area contributed by atoms with Gasteiger partial charge in [-0.1, -0.05) is 30.7 Å². The summed E-state index contributed by atoms with van der Waals surface area (Å²) >= 11 is 5.97. The second kappa shape index (κ2) is 11.1. The number of nitrogens with zero attached hydrogens (tertiary/aromatic N) is 5. The number of pyridine rings is 1. The van der Waals surface area contributed by atoms with Crippen LogP contribution in [0.15, 0.2) is 42.3 Å². The molecule has 0 fully saturated rings. The van der Waals surface area contributed by atoms with Crippen molar-refractivity contribution in [3.63, 3.8) is 0 Å². The van der Waals surface area contributed by atoms with Gasteiger partial charge in [0.1, 0.15) is 11.9 Å². The molecule has 2 aliphatic rings. The van der Waals surface area contributed by atoms with Crippen LogP contribution in [-0.4, -0.2) is 69.3 Å². The maximum absolute atomic E-state index is 13.7. The molecule has 0 bridgehead atoms. The number of aromatic nitrogens is 3. The Labute approximate surface area is 216 Å². The molecule has 0 aromatic carbocycles. The van der Waals surface area contributed by atoms with E-state index in [4.69, 9.17) is 16.3 Å². The molecule has 1 aliphatic carbocycles. The van der Waals surface area contributed by atoms with Gasteiger partial charge >= 0.3 is 12.4 Å². The largest absolute Gasteiger partial charge is 0.523 e. The maximum Gasteiger partial charge on any atom is 0.523 e. The van der Waals surface area contributed by atoms with Crippen LogP contribution >= 0.6 is 11.6 Å². The first-order valence-corrected chi connectivity index (χ1v) is 12.1. The first-order valence-electron chi connectivity index (χ1n) is 11.8. The van der Waals surface area contributed by atoms with Gasteiger partial charge in [0.2, 0.25) is 0 Å². The van der Waals surface area contributed by atoms with Gasteiger partial charge in [-0.05, 0) is 31.1 Å². The minimum absolute atomic E-state index is 0.0353. The predicted octanol–water partition coefficient (Wildman–Crippen LogP) is 4.12. The fraction of sp³-hybridized carbons (Fsp3) is 0.458. The molecule has 2 aromatic rings. The van der Waals surface area contributed by atoms with Gasteiger partial charge in [0.15, 0.2) is 11.5 Å². The second-order valence-electron chi connectivity index (χ2n) is 8.62. The minimum atomic E-state index is -4.79. The van der Waals surface area contributed by atoms with Crippen molar-refractivity contribution in [1.29, 1.82) is 0 Å². The Kier molecular flexibility index (Phi) is 8.10. The number of ether oxygens (including phenoxy) is 2. The van der Waals surface area contributed by atoms with E-state index in [0.717, 1.165) is 0 Å². The molecule has 0 saturated heterocycles. The molecule has 0 radical (unpaired) electrons. The van der Waals surface area contributed by atoms with Crippen molar-refractivity contribution in [1.82, 2.24) is 19.4 Å². The van der Waals surface area contributed by atoms with Crippen LogP contribution in [0, 0.1) is 0 Å². The lowest BCUT2D eigenvalue weighted by molar-refractivity contribution is -0.336. The summed E-state index contributed by atoms with van der Waals surface area (Å²) in [5.41, 5.74) is 0.826. The Morgan fingerprint density at radius 2 is 2.08 bits per heavy atom. The van der Waals surface area contributed by atoms with E-state index in [1.165, 1.54) is 24.4 Å². The Bertz CT molecular complexity index is 1180. The Hall–Kier alpha value is -3.09. The number of amides is 1. The zero-order chi connectivity index (χ0) is 26.7. The van der Waals surface area contributed by atoms with Crippen LogP contribution in [0.4, 0.5) is 19.0 Å². The molecule has 2 atom stereocenters. The number of rotatable bonds is 9. The third kappa shape index (κ3) is 6.08. The number of halogens is 4. The summed E-state index contributed by atoms with van der Waals surface area (Å²) in [6, 6.07) is 3.40. The van der Waals surface area contributed by atoms with Crippen molar-refractivity contribution >= 4 is 23.3 Å². The number of hydrogen-bond acceptors (Lipinski definition) is 7. The van der Waals surface area contributed by atoms with Gasteiger partial charge < -0.3 is 19.6 Å². The van der Waals surface area contributed by atoms with Gasteiger partial charge in [-0.3, -0.25) is 19.1 Å². The number of aliphatic hydroxyl groups is 1. The molecule has 1 amide bonds. The lowest BCUT2D eigenvalue weighted by atomic mass is 10.1. The summed E-state index contributed by atoms with van der Waals surface area (Å²) in [6.07, 6.45) is 0.224. The molecule has 1 N–H and O–H groups in total. The van der Waals surface area contributed by atoms with Gasteiger partial charge in [-0.25, -0.2) is 0 Å². The van der Waals surface area contributed by atoms with Gasteiger partial charge in [0, 0.05) is 32.8 Å². The van der Waals surface area contributed by atoms with Crippen LogP contribution in [0.3, 0.4) is 0 Å². The Balaban J connectivity index is 1.72. The van der Waals surface area contributed by atoms with E-state index in [0.29, 0.717) is 35.9 Å². The van der Waals surface area contributed by atoms with Crippen LogP contribution in [0.1, 0.15) is 42.4 Å². The van der Waals surface area contributed by atoms with Crippen LogP contribution < -0.4 is 9.64 Å². The predicted molar refractivity (Wildman–Crippen MR) is 129 cm³/mol. The van der Waals surface area contributed by atoms with Gasteiger partial charge in [-0.15, -0.1) is 13.2 Å². The Morgan fingerprint density at radius 1 is 1.30 bits per heavy atom. The number of carbonyl (C=O) groups excluding carboxylic acids is 1. The van der Waals surface area contributed by atoms with E-state index in [-0.39, 0.29) is 49.1 Å². The highest BCUT2D eigenvalue weighted by Gasteiger charge is 2.40. The van der Waals surface area contributed by atoms with E-state index in [9.17, 15) is 23.1 Å². The standard InChI is InChI=1S/C24H27ClF3N5O4/c1-3-19-31(2)21-20(22(35)32(19)10-5-11-34)33(14-16-9-8-15(25)13-29-16)23(30-21)36-17-6-4-7-18(12-17)37-24(26,27)28/h4,6-9,13,18-19,34H,3,5,10-12,14H2,1-2H3. The lowest BCUT2D eigenvalue weighted by Crippen LogP contribution is -2.54. The minimum Gasteiger partial charge on any atom is -0.430 e. The number of imidazole rings is 1. The number of hydrogen-bond donors (Lipinski definition) is 1. The van der Waals surface area contributed by atoms with E-state index < -0.39 is 12.5 Å². The van der Waals surface area contributed by atoms with Crippen molar-refractivity contribution in [2.24, 2.45) is 0 Å². The average Bonchev–Trinajstić information content (AvgIpc) is 3.19. The zero-order valence-electron chi connectivity index (χ0n) is 20.3. The van der Waals surface area contributed by atoms with Crippen molar-refractivity contribution in [3.05, 3.63) is 58.7 Å². The lowest BCUT2D eigenvalue weighted by Gasteiger charge is -2.41. The van der Waals surface area contributed by atoms with Crippen molar-refractivity contribution in [2.75, 3.05) is 25.1 Å². The van der Waals surface area contributed by atoms with Crippen LogP contribution in [0.2, 0.25) is 5.02 Å². The molecule has 9 nitrogen and oxygen atoms in total. The normalized spacial score (nSPS) is 19.8. The van der Waals surface area contributed by atoms with Gasteiger partial charge in [0.05, 0.1) is 23.4 Å². The van der Waals surface area contributed by atoms with Crippen molar-refractivity contribution in [3.8, 4) is 6.01 Å². The fourth-order valence-electron chi connectivity index (χ4n) is 4.44. The van der Waals surface area contributed by atoms with E-state index in [1.54, 1.807) is 21.6 Å². The van der Waals surface area contributed by atoms with E-state index in [1.807, 2.05) is 18.9 Å². The molecular weight excluding hydrogens is 515 g/mol. The van der Waals surface area contributed by atoms with Crippen LogP contribution in [0.5, 0.6) is 6.01 Å². The number of carbonyl (C=O) groups is 1. The highest BCUT2D eigenvalue weighted by atomic mass is 35.5. The monoisotopic (exact) mass is 541 g/mol. The number of fused-ring (bicyclic) bond motifs is 1. The maximum atomic E-state index is 13.7. The van der Waals surface area contributed by atoms with Crippen molar-refractivity contribution in [2.45, 2.75) is 51.4 Å². The summed E-state index contributed by atoms with van der Waals surface area (Å²) in [5, 5.41) is 9.80. The first kappa shape index (κ1) is 27.0. The quantitative estimate of drug-likeness (QED) is 0.510. The number of allylic oxidation sites excluding steroid dienone is 2. The molecule has 0 saturated carbocycles. The van der Waals surface area contributed by atoms with E-state index in [2.05, 4.69) is 14.7 Å². The third-order valence-electron chi connectivity index (χ3n) is 6.07. The molecule has 200 valence electrons. The Morgan fingerprint density at radius 3 is 2.73 bits per heavy atom. The topological polar surface area (TPSA) is 92.9 Å². The smallest absolute Gasteiger partial charge is 0.430 e. The molecule has 2 aromatic heterocycles. The summed E-state index contributed by atoms with van der Waals surface area (Å²) in [5.74, 6) is 0.292. The molecule has 1 aliphatic heterocycles. The molecule has 3 heterocycles. The molecule has 13 heteroatoms. The van der Waals surface area contributed by atoms with Crippen molar-refractivity contribution < 1.29 is 32.5 Å². The number of anilines is 1. The first-order chi connectivity index (χ1) is 17.6. The molecule has 37 heavy (non-hydrogen) atoms. The zero-order valence-corrected chi connectivity index (χ0v) is 21.0. The highest BCUT2D eigenvalue weighted by molar-refractivity contribution is 6.30. The second-order valence-corrected chi connectivity index (χ2v) is 9.06. The van der Waals surface area contributed by atoms with Gasteiger partial charge in [-0.2, -0.15) is 4.98 Å². The number of alkyl halides is 3. The summed E-state index contributed by atoms with van der Waals surface area (Å²) in [6.45, 7) is 2.31. The SMILES string of the molecule is CCC1N(CCCO)C(=O)c2c(nc(OC3=CC=CC(OC(F)(F)F)C3)n2Cc2ccc(Cl)cn2)N1C. The fourth-order valence-corrected chi connectivity index (χ4v) is 4.55. The highest BCUT2D eigenvalue weighted by Crippen LogP contribution is 2.36. The van der Waals surface area contributed by atoms with Crippen LogP contribution in [0.25, 0.3) is 0 Å². The summed E-state index contributed by atoms with van der Waals surface area (Å²) in [4.78, 5) is 26.1. The third-order valence-corrected chi connectivity index (χ3v) is 6.29.